The molecule has 0 saturated carbocycles. The van der Waals surface area contributed by atoms with Gasteiger partial charge in [0, 0.05) is 31.8 Å². The van der Waals surface area contributed by atoms with E-state index in [1.807, 2.05) is 30.5 Å². The molecular weight excluding hydrogens is 328 g/mol. The molecule has 7 heteroatoms. The Labute approximate surface area is 146 Å². The van der Waals surface area contributed by atoms with Crippen molar-refractivity contribution >= 4 is 29.5 Å². The standard InChI is InChI=1S/C17H24N2O4S/c1-19(2)16(21)6-4-5-15(20)18-14(11-17(22)23)12-7-9-13(24-3)10-8-12/h7-10,14H,4-6,11H2,1-3H3,(H,18,20)(H,22,23). The minimum Gasteiger partial charge on any atom is -0.481 e. The van der Waals surface area contributed by atoms with Gasteiger partial charge in [-0.05, 0) is 30.4 Å². The Morgan fingerprint density at radius 1 is 1.17 bits per heavy atom. The van der Waals surface area contributed by atoms with E-state index < -0.39 is 12.0 Å². The number of nitrogens with zero attached hydrogens (tertiary/aromatic N) is 1. The first-order valence-corrected chi connectivity index (χ1v) is 8.91. The van der Waals surface area contributed by atoms with Crippen LogP contribution in [0.5, 0.6) is 0 Å². The predicted octanol–water partition coefficient (Wildman–Crippen LogP) is 2.30. The molecule has 0 aromatic heterocycles. The van der Waals surface area contributed by atoms with Crippen molar-refractivity contribution in [2.75, 3.05) is 20.4 Å². The summed E-state index contributed by atoms with van der Waals surface area (Å²) in [5.74, 6) is -1.25. The fourth-order valence-corrected chi connectivity index (χ4v) is 2.56. The van der Waals surface area contributed by atoms with Gasteiger partial charge in [0.15, 0.2) is 0 Å². The monoisotopic (exact) mass is 352 g/mol. The number of carbonyl (C=O) groups is 3. The molecule has 2 amide bonds. The Morgan fingerprint density at radius 3 is 2.29 bits per heavy atom. The average molecular weight is 352 g/mol. The molecule has 0 aliphatic carbocycles. The summed E-state index contributed by atoms with van der Waals surface area (Å²) in [5, 5.41) is 11.8. The second-order valence-corrected chi connectivity index (χ2v) is 6.51. The first-order valence-electron chi connectivity index (χ1n) is 7.68. The molecule has 0 fully saturated rings. The summed E-state index contributed by atoms with van der Waals surface area (Å²) in [7, 11) is 3.34. The molecule has 24 heavy (non-hydrogen) atoms. The van der Waals surface area contributed by atoms with Crippen molar-refractivity contribution in [2.24, 2.45) is 0 Å². The Bertz CT molecular complexity index is 572. The largest absolute Gasteiger partial charge is 0.481 e. The summed E-state index contributed by atoms with van der Waals surface area (Å²) >= 11 is 1.59. The number of amides is 2. The minimum absolute atomic E-state index is 0.0301. The SMILES string of the molecule is CSc1ccc(C(CC(=O)O)NC(=O)CCCC(=O)N(C)C)cc1. The molecule has 0 bridgehead atoms. The van der Waals surface area contributed by atoms with Crippen LogP contribution in [-0.4, -0.2) is 48.1 Å². The van der Waals surface area contributed by atoms with Crippen LogP contribution < -0.4 is 5.32 Å². The lowest BCUT2D eigenvalue weighted by Crippen LogP contribution is -2.30. The van der Waals surface area contributed by atoms with Gasteiger partial charge in [-0.15, -0.1) is 11.8 Å². The molecule has 0 spiro atoms. The third-order valence-corrected chi connectivity index (χ3v) is 4.27. The fraction of sp³-hybridized carbons (Fsp3) is 0.471. The number of carboxylic acid groups (broad SMARTS) is 1. The third kappa shape index (κ3) is 7.04. The molecule has 1 rings (SSSR count). The van der Waals surface area contributed by atoms with Gasteiger partial charge in [0.1, 0.15) is 0 Å². The van der Waals surface area contributed by atoms with Gasteiger partial charge in [0.05, 0.1) is 12.5 Å². The van der Waals surface area contributed by atoms with Crippen LogP contribution in [0.3, 0.4) is 0 Å². The maximum atomic E-state index is 12.0. The average Bonchev–Trinajstić information content (AvgIpc) is 2.53. The highest BCUT2D eigenvalue weighted by Gasteiger charge is 2.18. The Balaban J connectivity index is 2.63. The minimum atomic E-state index is -0.975. The number of aliphatic carboxylic acids is 1. The molecule has 2 N–H and O–H groups in total. The van der Waals surface area contributed by atoms with Crippen LogP contribution in [0.1, 0.15) is 37.3 Å². The molecule has 1 aromatic rings. The highest BCUT2D eigenvalue weighted by Crippen LogP contribution is 2.21. The Morgan fingerprint density at radius 2 is 1.79 bits per heavy atom. The summed E-state index contributed by atoms with van der Waals surface area (Å²) in [6.45, 7) is 0. The molecule has 0 heterocycles. The maximum Gasteiger partial charge on any atom is 0.305 e. The zero-order chi connectivity index (χ0) is 18.1. The van der Waals surface area contributed by atoms with Crippen molar-refractivity contribution in [3.63, 3.8) is 0 Å². The van der Waals surface area contributed by atoms with E-state index in [0.29, 0.717) is 12.8 Å². The summed E-state index contributed by atoms with van der Waals surface area (Å²) in [4.78, 5) is 37.2. The molecule has 1 atom stereocenters. The number of hydrogen-bond donors (Lipinski definition) is 2. The number of carboxylic acids is 1. The summed E-state index contributed by atoms with van der Waals surface area (Å²) < 4.78 is 0. The maximum absolute atomic E-state index is 12.0. The van der Waals surface area contributed by atoms with Crippen molar-refractivity contribution in [3.8, 4) is 0 Å². The van der Waals surface area contributed by atoms with Crippen LogP contribution in [0.2, 0.25) is 0 Å². The van der Waals surface area contributed by atoms with Gasteiger partial charge in [-0.2, -0.15) is 0 Å². The van der Waals surface area contributed by atoms with Crippen molar-refractivity contribution in [2.45, 2.75) is 36.6 Å². The highest BCUT2D eigenvalue weighted by atomic mass is 32.2. The predicted molar refractivity (Wildman–Crippen MR) is 93.9 cm³/mol. The van der Waals surface area contributed by atoms with Crippen LogP contribution in [0.15, 0.2) is 29.2 Å². The van der Waals surface area contributed by atoms with Crippen molar-refractivity contribution in [3.05, 3.63) is 29.8 Å². The molecule has 132 valence electrons. The van der Waals surface area contributed by atoms with Crippen molar-refractivity contribution < 1.29 is 19.5 Å². The summed E-state index contributed by atoms with van der Waals surface area (Å²) in [5.41, 5.74) is 0.757. The number of nitrogens with one attached hydrogen (secondary N) is 1. The van der Waals surface area contributed by atoms with Crippen LogP contribution in [0.25, 0.3) is 0 Å². The van der Waals surface area contributed by atoms with Gasteiger partial charge in [-0.25, -0.2) is 0 Å². The first-order chi connectivity index (χ1) is 11.3. The van der Waals surface area contributed by atoms with Gasteiger partial charge < -0.3 is 15.3 Å². The van der Waals surface area contributed by atoms with Crippen LogP contribution in [0.4, 0.5) is 0 Å². The second-order valence-electron chi connectivity index (χ2n) is 5.63. The molecule has 1 aromatic carbocycles. The van der Waals surface area contributed by atoms with E-state index >= 15 is 0 Å². The smallest absolute Gasteiger partial charge is 0.305 e. The lowest BCUT2D eigenvalue weighted by molar-refractivity contribution is -0.137. The van der Waals surface area contributed by atoms with Gasteiger partial charge in [0.25, 0.3) is 0 Å². The molecular formula is C17H24N2O4S. The molecule has 6 nitrogen and oxygen atoms in total. The zero-order valence-corrected chi connectivity index (χ0v) is 15.1. The van der Waals surface area contributed by atoms with Crippen LogP contribution in [0, 0.1) is 0 Å². The van der Waals surface area contributed by atoms with Gasteiger partial charge in [-0.1, -0.05) is 12.1 Å². The molecule has 1 unspecified atom stereocenters. The van der Waals surface area contributed by atoms with Gasteiger partial charge in [-0.3, -0.25) is 14.4 Å². The third-order valence-electron chi connectivity index (χ3n) is 3.53. The Hall–Kier alpha value is -2.02. The second kappa shape index (κ2) is 9.97. The van der Waals surface area contributed by atoms with Crippen LogP contribution in [-0.2, 0) is 14.4 Å². The van der Waals surface area contributed by atoms with E-state index in [1.54, 1.807) is 25.9 Å². The number of hydrogen-bond acceptors (Lipinski definition) is 4. The van der Waals surface area contributed by atoms with Gasteiger partial charge >= 0.3 is 5.97 Å². The number of benzene rings is 1. The van der Waals surface area contributed by atoms with Crippen LogP contribution >= 0.6 is 11.8 Å². The molecule has 0 aliphatic rings. The summed E-state index contributed by atoms with van der Waals surface area (Å²) in [6, 6.07) is 6.88. The first kappa shape index (κ1) is 20.0. The van der Waals surface area contributed by atoms with E-state index in [2.05, 4.69) is 5.32 Å². The Kier molecular flexibility index (Phi) is 8.32. The fourth-order valence-electron chi connectivity index (χ4n) is 2.15. The topological polar surface area (TPSA) is 86.7 Å². The van der Waals surface area contributed by atoms with E-state index in [0.717, 1.165) is 10.5 Å². The quantitative estimate of drug-likeness (QED) is 0.666. The normalized spacial score (nSPS) is 11.6. The number of rotatable bonds is 9. The lowest BCUT2D eigenvalue weighted by atomic mass is 10.0. The van der Waals surface area contributed by atoms with E-state index in [1.165, 1.54) is 4.90 Å². The molecule has 0 aliphatic heterocycles. The number of carbonyl (C=O) groups excluding carboxylic acids is 2. The zero-order valence-electron chi connectivity index (χ0n) is 14.2. The lowest BCUT2D eigenvalue weighted by Gasteiger charge is -2.18. The van der Waals surface area contributed by atoms with Gasteiger partial charge in [0.2, 0.25) is 11.8 Å². The van der Waals surface area contributed by atoms with E-state index in [4.69, 9.17) is 5.11 Å². The molecule has 0 saturated heterocycles. The van der Waals surface area contributed by atoms with E-state index in [-0.39, 0.29) is 24.7 Å². The highest BCUT2D eigenvalue weighted by molar-refractivity contribution is 7.98. The number of thioether (sulfide) groups is 1. The summed E-state index contributed by atoms with van der Waals surface area (Å²) in [6.07, 6.45) is 2.71. The molecule has 0 radical (unpaired) electrons. The van der Waals surface area contributed by atoms with E-state index in [9.17, 15) is 14.4 Å². The van der Waals surface area contributed by atoms with Crippen molar-refractivity contribution in [1.82, 2.24) is 10.2 Å². The van der Waals surface area contributed by atoms with Crippen molar-refractivity contribution in [1.29, 1.82) is 0 Å².